The van der Waals surface area contributed by atoms with Gasteiger partial charge >= 0.3 is 0 Å². The van der Waals surface area contributed by atoms with Crippen molar-refractivity contribution in [2.75, 3.05) is 0 Å². The van der Waals surface area contributed by atoms with E-state index in [1.165, 1.54) is 22.9 Å². The second kappa shape index (κ2) is 5.46. The second-order valence-corrected chi connectivity index (χ2v) is 5.79. The predicted molar refractivity (Wildman–Crippen MR) is 81.1 cm³/mol. The van der Waals surface area contributed by atoms with E-state index in [9.17, 15) is 0 Å². The summed E-state index contributed by atoms with van der Waals surface area (Å²) in [6, 6.07) is 10.0. The van der Waals surface area contributed by atoms with Gasteiger partial charge in [-0.3, -0.25) is 5.41 Å². The molecule has 0 saturated heterocycles. The summed E-state index contributed by atoms with van der Waals surface area (Å²) in [5.41, 5.74) is 2.69. The normalized spacial score (nSPS) is 10.2. The van der Waals surface area contributed by atoms with Gasteiger partial charge in [-0.15, -0.1) is 11.3 Å². The Morgan fingerprint density at radius 1 is 1.30 bits per heavy atom. The van der Waals surface area contributed by atoms with Crippen LogP contribution in [0.5, 0.6) is 0 Å². The van der Waals surface area contributed by atoms with Crippen molar-refractivity contribution in [1.29, 1.82) is 5.41 Å². The van der Waals surface area contributed by atoms with E-state index in [4.69, 9.17) is 5.41 Å². The first-order valence-corrected chi connectivity index (χ1v) is 7.57. The lowest BCUT2D eigenvalue weighted by Gasteiger charge is -1.95. The van der Waals surface area contributed by atoms with E-state index in [0.29, 0.717) is 5.57 Å². The van der Waals surface area contributed by atoms with Crippen molar-refractivity contribution in [1.82, 2.24) is 9.47 Å². The first kappa shape index (κ1) is 12.9. The standard InChI is InChI=1S/C14H11N4S2/c1-18-8-13(20-17-18)11(7-15)14-16-12(9-19-14)10-5-3-2-4-6-10/h2-6,8-9,15H,1H3/q+1. The Labute approximate surface area is 124 Å². The van der Waals surface area contributed by atoms with Crippen LogP contribution in [0.4, 0.5) is 0 Å². The van der Waals surface area contributed by atoms with E-state index < -0.39 is 0 Å². The molecule has 3 aromatic rings. The highest BCUT2D eigenvalue weighted by Gasteiger charge is 2.16. The Kier molecular flexibility index (Phi) is 3.52. The van der Waals surface area contributed by atoms with Gasteiger partial charge in [-0.2, -0.15) is 0 Å². The van der Waals surface area contributed by atoms with Gasteiger partial charge in [-0.05, 0) is 5.87 Å². The van der Waals surface area contributed by atoms with Gasteiger partial charge in [0.25, 0.3) is 0 Å². The lowest BCUT2D eigenvalue weighted by Crippen LogP contribution is -2.27. The van der Waals surface area contributed by atoms with Crippen molar-refractivity contribution in [2.24, 2.45) is 7.05 Å². The van der Waals surface area contributed by atoms with E-state index in [2.05, 4.69) is 15.3 Å². The topological polar surface area (TPSA) is 53.5 Å². The number of hydrogen-bond donors (Lipinski definition) is 1. The molecule has 2 heterocycles. The van der Waals surface area contributed by atoms with Crippen LogP contribution in [0, 0.1) is 5.41 Å². The van der Waals surface area contributed by atoms with Crippen LogP contribution in [0.15, 0.2) is 41.9 Å². The second-order valence-electron chi connectivity index (χ2n) is 4.14. The number of rotatable bonds is 3. The van der Waals surface area contributed by atoms with Crippen molar-refractivity contribution >= 4 is 34.3 Å². The van der Waals surface area contributed by atoms with Gasteiger partial charge in [0.05, 0.1) is 15.8 Å². The quantitative estimate of drug-likeness (QED) is 0.597. The summed E-state index contributed by atoms with van der Waals surface area (Å²) in [6.07, 6.45) is 1.88. The fraction of sp³-hybridized carbons (Fsp3) is 0.0714. The summed E-state index contributed by atoms with van der Waals surface area (Å²) in [4.78, 5) is 5.51. The molecule has 1 aromatic carbocycles. The Morgan fingerprint density at radius 2 is 2.10 bits per heavy atom. The van der Waals surface area contributed by atoms with E-state index in [1.54, 1.807) is 4.68 Å². The minimum Gasteiger partial charge on any atom is -0.258 e. The Morgan fingerprint density at radius 3 is 2.75 bits per heavy atom. The molecule has 20 heavy (non-hydrogen) atoms. The minimum atomic E-state index is 0.690. The van der Waals surface area contributed by atoms with Gasteiger partial charge in [-0.1, -0.05) is 35.0 Å². The molecule has 0 amide bonds. The highest BCUT2D eigenvalue weighted by Crippen LogP contribution is 2.29. The molecule has 98 valence electrons. The van der Waals surface area contributed by atoms with Gasteiger partial charge in [-0.25, -0.2) is 4.98 Å². The molecule has 0 fully saturated rings. The van der Waals surface area contributed by atoms with E-state index >= 15 is 0 Å². The van der Waals surface area contributed by atoms with E-state index in [0.717, 1.165) is 21.1 Å². The van der Waals surface area contributed by atoms with Crippen LogP contribution in [0.3, 0.4) is 0 Å². The SMILES string of the molecule is C[n+]1cc(C(=C=N)c2nc(-c3ccccc3)cs2)sn1. The largest absolute Gasteiger partial charge is 0.258 e. The number of benzene rings is 1. The zero-order valence-corrected chi connectivity index (χ0v) is 12.3. The van der Waals surface area contributed by atoms with Crippen molar-refractivity contribution in [3.05, 3.63) is 51.8 Å². The molecule has 0 aliphatic heterocycles. The molecule has 4 nitrogen and oxygen atoms in total. The van der Waals surface area contributed by atoms with Crippen LogP contribution in [0.2, 0.25) is 0 Å². The van der Waals surface area contributed by atoms with Gasteiger partial charge in [0.15, 0.2) is 7.05 Å². The molecule has 1 N–H and O–H groups in total. The van der Waals surface area contributed by atoms with Crippen molar-refractivity contribution in [2.45, 2.75) is 0 Å². The maximum Gasteiger partial charge on any atom is 0.217 e. The third-order valence-electron chi connectivity index (χ3n) is 2.73. The summed E-state index contributed by atoms with van der Waals surface area (Å²) in [6.45, 7) is 0. The highest BCUT2D eigenvalue weighted by atomic mass is 32.1. The van der Waals surface area contributed by atoms with Crippen LogP contribution in [0.1, 0.15) is 9.88 Å². The van der Waals surface area contributed by atoms with Gasteiger partial charge in [0.1, 0.15) is 9.88 Å². The van der Waals surface area contributed by atoms with Crippen LogP contribution < -0.4 is 4.68 Å². The van der Waals surface area contributed by atoms with E-state index in [-0.39, 0.29) is 0 Å². The number of thiazole rings is 1. The van der Waals surface area contributed by atoms with E-state index in [1.807, 2.05) is 49.0 Å². The molecule has 3 rings (SSSR count). The van der Waals surface area contributed by atoms with Gasteiger partial charge in [0.2, 0.25) is 6.20 Å². The summed E-state index contributed by atoms with van der Waals surface area (Å²) in [5, 5.41) is 10.3. The maximum absolute atomic E-state index is 7.51. The summed E-state index contributed by atoms with van der Waals surface area (Å²) >= 11 is 2.86. The molecule has 0 radical (unpaired) electrons. The molecule has 0 atom stereocenters. The summed E-state index contributed by atoms with van der Waals surface area (Å²) < 4.78 is 5.89. The van der Waals surface area contributed by atoms with Crippen LogP contribution >= 0.6 is 22.9 Å². The van der Waals surface area contributed by atoms with Crippen LogP contribution in [-0.2, 0) is 7.05 Å². The zero-order chi connectivity index (χ0) is 13.9. The Hall–Kier alpha value is -2.14. The van der Waals surface area contributed by atoms with Crippen molar-refractivity contribution in [3.63, 3.8) is 0 Å². The van der Waals surface area contributed by atoms with Crippen LogP contribution in [-0.4, -0.2) is 15.3 Å². The average molecular weight is 299 g/mol. The first-order chi connectivity index (χ1) is 9.78. The van der Waals surface area contributed by atoms with Gasteiger partial charge in [0, 0.05) is 22.5 Å². The highest BCUT2D eigenvalue weighted by molar-refractivity contribution is 7.12. The minimum absolute atomic E-state index is 0.690. The van der Waals surface area contributed by atoms with Crippen LogP contribution in [0.25, 0.3) is 16.8 Å². The lowest BCUT2D eigenvalue weighted by molar-refractivity contribution is -0.722. The molecule has 0 aliphatic rings. The number of aryl methyl sites for hydroxylation is 1. The molecule has 0 spiro atoms. The molecule has 0 unspecified atom stereocenters. The predicted octanol–water partition coefficient (Wildman–Crippen LogP) is 2.77. The number of nitrogens with zero attached hydrogens (tertiary/aromatic N) is 3. The zero-order valence-electron chi connectivity index (χ0n) is 10.7. The fourth-order valence-corrected chi connectivity index (χ4v) is 3.40. The Balaban J connectivity index is 1.99. The summed E-state index contributed by atoms with van der Waals surface area (Å²) in [5.74, 6) is 2.48. The smallest absolute Gasteiger partial charge is 0.217 e. The monoisotopic (exact) mass is 299 g/mol. The molecule has 6 heteroatoms. The van der Waals surface area contributed by atoms with Crippen molar-refractivity contribution in [3.8, 4) is 11.3 Å². The third kappa shape index (κ3) is 2.44. The van der Waals surface area contributed by atoms with Crippen molar-refractivity contribution < 1.29 is 4.68 Å². The third-order valence-corrected chi connectivity index (χ3v) is 4.44. The number of hydrogen-bond acceptors (Lipinski definition) is 5. The molecule has 0 bridgehead atoms. The number of aromatic nitrogens is 3. The molecule has 0 aliphatic carbocycles. The molecule has 2 aromatic heterocycles. The molecule has 0 saturated carbocycles. The lowest BCUT2D eigenvalue weighted by atomic mass is 10.2. The summed E-state index contributed by atoms with van der Waals surface area (Å²) in [7, 11) is 1.86. The number of nitrogens with one attached hydrogen (secondary N) is 1. The fourth-order valence-electron chi connectivity index (χ4n) is 1.79. The van der Waals surface area contributed by atoms with Gasteiger partial charge < -0.3 is 0 Å². The molecular formula is C14H11N4S2+. The molecular weight excluding hydrogens is 288 g/mol. The first-order valence-electron chi connectivity index (χ1n) is 5.92. The maximum atomic E-state index is 7.51. The average Bonchev–Trinajstić information content (AvgIpc) is 3.11. The Bertz CT molecular complexity index is 782.